The van der Waals surface area contributed by atoms with Gasteiger partial charge in [0, 0.05) is 18.9 Å². The van der Waals surface area contributed by atoms with Crippen molar-refractivity contribution in [2.24, 2.45) is 5.92 Å². The van der Waals surface area contributed by atoms with Crippen molar-refractivity contribution in [1.29, 1.82) is 0 Å². The Morgan fingerprint density at radius 2 is 1.90 bits per heavy atom. The Morgan fingerprint density at radius 3 is 2.55 bits per heavy atom. The fourth-order valence-electron chi connectivity index (χ4n) is 3.37. The number of para-hydroxylation sites is 2. The second-order valence-electron chi connectivity index (χ2n) is 7.67. The van der Waals surface area contributed by atoms with Gasteiger partial charge in [0.15, 0.2) is 0 Å². The average Bonchev–Trinajstić information content (AvgIpc) is 3.04. The zero-order valence-electron chi connectivity index (χ0n) is 17.0. The van der Waals surface area contributed by atoms with Crippen LogP contribution in [0.4, 0.5) is 0 Å². The number of carbonyl (C=O) groups excluding carboxylic acids is 1. The van der Waals surface area contributed by atoms with Gasteiger partial charge in [-0.15, -0.1) is 0 Å². The van der Waals surface area contributed by atoms with E-state index in [9.17, 15) is 14.4 Å². The molecule has 0 aliphatic heterocycles. The van der Waals surface area contributed by atoms with Crippen molar-refractivity contribution < 1.29 is 4.79 Å². The Labute approximate surface area is 167 Å². The summed E-state index contributed by atoms with van der Waals surface area (Å²) in [6, 6.07) is 7.81. The molecule has 0 radical (unpaired) electrons. The van der Waals surface area contributed by atoms with Crippen molar-refractivity contribution in [2.75, 3.05) is 0 Å². The third kappa shape index (κ3) is 4.44. The van der Waals surface area contributed by atoms with E-state index in [0.29, 0.717) is 0 Å². The number of aromatic nitrogens is 5. The van der Waals surface area contributed by atoms with Gasteiger partial charge in [-0.05, 0) is 31.9 Å². The smallest absolute Gasteiger partial charge is 0.342 e. The first-order chi connectivity index (χ1) is 13.8. The number of amides is 1. The maximum atomic E-state index is 12.6. The SMILES string of the molecule is CC(C)[C@@H](NC(=O)CCc1n[nH]c(=O)[nH]c1=O)c1nc2ccccc2n1C(C)C. The summed E-state index contributed by atoms with van der Waals surface area (Å²) in [5, 5.41) is 8.94. The zero-order chi connectivity index (χ0) is 21.1. The number of rotatable bonds is 7. The summed E-state index contributed by atoms with van der Waals surface area (Å²) >= 11 is 0. The fraction of sp³-hybridized carbons (Fsp3) is 0.450. The number of nitrogens with one attached hydrogen (secondary N) is 3. The molecule has 1 atom stereocenters. The van der Waals surface area contributed by atoms with E-state index in [-0.39, 0.29) is 42.4 Å². The molecule has 0 bridgehead atoms. The molecule has 1 amide bonds. The Balaban J connectivity index is 1.83. The normalized spacial score (nSPS) is 12.6. The molecule has 3 aromatic rings. The molecule has 29 heavy (non-hydrogen) atoms. The topological polar surface area (TPSA) is 126 Å². The summed E-state index contributed by atoms with van der Waals surface area (Å²) < 4.78 is 2.15. The highest BCUT2D eigenvalue weighted by Crippen LogP contribution is 2.28. The predicted molar refractivity (Wildman–Crippen MR) is 110 cm³/mol. The van der Waals surface area contributed by atoms with Crippen LogP contribution in [0.1, 0.15) is 57.7 Å². The van der Waals surface area contributed by atoms with E-state index in [0.717, 1.165) is 16.9 Å². The van der Waals surface area contributed by atoms with Gasteiger partial charge < -0.3 is 9.88 Å². The molecule has 0 unspecified atom stereocenters. The molecule has 0 aliphatic rings. The molecule has 0 spiro atoms. The molecule has 2 heterocycles. The summed E-state index contributed by atoms with van der Waals surface area (Å²) in [6.45, 7) is 8.24. The predicted octanol–water partition coefficient (Wildman–Crippen LogP) is 1.83. The maximum absolute atomic E-state index is 12.6. The van der Waals surface area contributed by atoms with E-state index >= 15 is 0 Å². The van der Waals surface area contributed by atoms with Gasteiger partial charge in [0.05, 0.1) is 17.1 Å². The number of hydrogen-bond acceptors (Lipinski definition) is 5. The number of fused-ring (bicyclic) bond motifs is 1. The molecular formula is C20H26N6O3. The van der Waals surface area contributed by atoms with E-state index in [1.54, 1.807) is 0 Å². The van der Waals surface area contributed by atoms with Crippen molar-refractivity contribution in [1.82, 2.24) is 30.0 Å². The first kappa shape index (κ1) is 20.5. The van der Waals surface area contributed by atoms with E-state index in [2.05, 4.69) is 38.9 Å². The summed E-state index contributed by atoms with van der Waals surface area (Å²) in [4.78, 5) is 42.3. The Bertz CT molecular complexity index is 1120. The van der Waals surface area contributed by atoms with E-state index in [1.807, 2.05) is 38.1 Å². The molecule has 9 heteroatoms. The second-order valence-corrected chi connectivity index (χ2v) is 7.67. The van der Waals surface area contributed by atoms with Crippen molar-refractivity contribution in [3.63, 3.8) is 0 Å². The monoisotopic (exact) mass is 398 g/mol. The highest BCUT2D eigenvalue weighted by molar-refractivity contribution is 5.78. The van der Waals surface area contributed by atoms with Crippen molar-refractivity contribution >= 4 is 16.9 Å². The van der Waals surface area contributed by atoms with E-state index in [4.69, 9.17) is 4.98 Å². The number of aromatic amines is 2. The molecule has 0 saturated carbocycles. The number of benzene rings is 1. The third-order valence-electron chi connectivity index (χ3n) is 4.77. The van der Waals surface area contributed by atoms with E-state index in [1.165, 1.54) is 0 Å². The van der Waals surface area contributed by atoms with Crippen LogP contribution in [0.15, 0.2) is 33.9 Å². The largest absolute Gasteiger partial charge is 0.346 e. The maximum Gasteiger partial charge on any atom is 0.342 e. The third-order valence-corrected chi connectivity index (χ3v) is 4.77. The highest BCUT2D eigenvalue weighted by Gasteiger charge is 2.26. The molecule has 3 N–H and O–H groups in total. The lowest BCUT2D eigenvalue weighted by Gasteiger charge is -2.24. The molecule has 0 aliphatic carbocycles. The van der Waals surface area contributed by atoms with Gasteiger partial charge in [0.2, 0.25) is 5.91 Å². The van der Waals surface area contributed by atoms with Crippen LogP contribution >= 0.6 is 0 Å². The number of imidazole rings is 1. The van der Waals surface area contributed by atoms with Crippen molar-refractivity contribution in [2.45, 2.75) is 52.6 Å². The quantitative estimate of drug-likeness (QED) is 0.560. The van der Waals surface area contributed by atoms with Gasteiger partial charge in [-0.25, -0.2) is 14.9 Å². The fourth-order valence-corrected chi connectivity index (χ4v) is 3.37. The van der Waals surface area contributed by atoms with Gasteiger partial charge in [-0.3, -0.25) is 14.6 Å². The molecule has 154 valence electrons. The highest BCUT2D eigenvalue weighted by atomic mass is 16.2. The minimum absolute atomic E-state index is 0.0766. The minimum Gasteiger partial charge on any atom is -0.346 e. The first-order valence-electron chi connectivity index (χ1n) is 9.72. The van der Waals surface area contributed by atoms with Crippen LogP contribution in [-0.4, -0.2) is 30.6 Å². The second kappa shape index (κ2) is 8.42. The van der Waals surface area contributed by atoms with Crippen LogP contribution < -0.4 is 16.6 Å². The van der Waals surface area contributed by atoms with Crippen molar-refractivity contribution in [3.05, 3.63) is 56.6 Å². The minimum atomic E-state index is -0.671. The molecule has 2 aromatic heterocycles. The lowest BCUT2D eigenvalue weighted by atomic mass is 10.0. The number of carbonyl (C=O) groups is 1. The standard InChI is InChI=1S/C20H26N6O3/c1-11(2)17(18-21-13-7-5-6-8-15(13)26(18)12(3)4)22-16(27)10-9-14-19(28)23-20(29)25-24-14/h5-8,11-12,17H,9-10H2,1-4H3,(H,22,27)(H2,23,25,28,29)/t17-/m1/s1. The van der Waals surface area contributed by atoms with E-state index < -0.39 is 11.2 Å². The van der Waals surface area contributed by atoms with Crippen LogP contribution in [0.5, 0.6) is 0 Å². The molecule has 3 rings (SSSR count). The Kier molecular flexibility index (Phi) is 5.95. The first-order valence-corrected chi connectivity index (χ1v) is 9.72. The lowest BCUT2D eigenvalue weighted by Crippen LogP contribution is -2.35. The van der Waals surface area contributed by atoms with Crippen LogP contribution in [0.25, 0.3) is 11.0 Å². The summed E-state index contributed by atoms with van der Waals surface area (Å²) in [5.74, 6) is 0.714. The summed E-state index contributed by atoms with van der Waals surface area (Å²) in [7, 11) is 0. The van der Waals surface area contributed by atoms with Crippen LogP contribution in [0.3, 0.4) is 0 Å². The molecular weight excluding hydrogens is 372 g/mol. The molecule has 0 saturated heterocycles. The zero-order valence-corrected chi connectivity index (χ0v) is 17.0. The number of aryl methyl sites for hydroxylation is 1. The van der Waals surface area contributed by atoms with Gasteiger partial charge in [0.25, 0.3) is 5.56 Å². The molecule has 9 nitrogen and oxygen atoms in total. The summed E-state index contributed by atoms with van der Waals surface area (Å²) in [6.07, 6.45) is 0.205. The van der Waals surface area contributed by atoms with Crippen LogP contribution in [-0.2, 0) is 11.2 Å². The number of H-pyrrole nitrogens is 2. The number of nitrogens with zero attached hydrogens (tertiary/aromatic N) is 3. The van der Waals surface area contributed by atoms with Crippen LogP contribution in [0, 0.1) is 5.92 Å². The van der Waals surface area contributed by atoms with Crippen molar-refractivity contribution in [3.8, 4) is 0 Å². The number of hydrogen-bond donors (Lipinski definition) is 3. The van der Waals surface area contributed by atoms with Crippen LogP contribution in [0.2, 0.25) is 0 Å². The Morgan fingerprint density at radius 1 is 1.17 bits per heavy atom. The van der Waals surface area contributed by atoms with Gasteiger partial charge in [0.1, 0.15) is 11.5 Å². The van der Waals surface area contributed by atoms with Gasteiger partial charge >= 0.3 is 5.69 Å². The lowest BCUT2D eigenvalue weighted by molar-refractivity contribution is -0.122. The average molecular weight is 398 g/mol. The van der Waals surface area contributed by atoms with Gasteiger partial charge in [-0.2, -0.15) is 5.10 Å². The Hall–Kier alpha value is -3.23. The van der Waals surface area contributed by atoms with Gasteiger partial charge in [-0.1, -0.05) is 26.0 Å². The molecule has 0 fully saturated rings. The summed E-state index contributed by atoms with van der Waals surface area (Å²) in [5.41, 5.74) is 0.788. The molecule has 1 aromatic carbocycles.